The maximum absolute atomic E-state index is 11.6. The average Bonchev–Trinajstić information content (AvgIpc) is 3.63. The van der Waals surface area contributed by atoms with Gasteiger partial charge in [-0.15, -0.1) is 0 Å². The first-order valence-corrected chi connectivity index (χ1v) is 15.1. The summed E-state index contributed by atoms with van der Waals surface area (Å²) in [4.78, 5) is 27.8. The van der Waals surface area contributed by atoms with Gasteiger partial charge in [-0.2, -0.15) is 0 Å². The minimum atomic E-state index is -0.931. The van der Waals surface area contributed by atoms with Crippen LogP contribution in [0.5, 0.6) is 5.75 Å². The topological polar surface area (TPSA) is 116 Å². The zero-order chi connectivity index (χ0) is 28.6. The largest absolute Gasteiger partial charge is 0.481 e. The molecule has 1 aliphatic carbocycles. The van der Waals surface area contributed by atoms with E-state index in [4.69, 9.17) is 30.5 Å². The number of benzene rings is 1. The second-order valence-electron chi connectivity index (χ2n) is 11.7. The lowest BCUT2D eigenvalue weighted by atomic mass is 9.93. The van der Waals surface area contributed by atoms with Crippen molar-refractivity contribution < 1.29 is 23.8 Å². The van der Waals surface area contributed by atoms with E-state index in [1.165, 1.54) is 12.8 Å². The van der Waals surface area contributed by atoms with Gasteiger partial charge in [0.05, 0.1) is 53.2 Å². The predicted molar refractivity (Wildman–Crippen MR) is 155 cm³/mol. The first-order chi connectivity index (χ1) is 20.5. The molecule has 1 atom stereocenters. The summed E-state index contributed by atoms with van der Waals surface area (Å²) < 4.78 is 19.7. The molecule has 5 heterocycles. The molecule has 10 nitrogen and oxygen atoms in total. The number of ether oxygens (including phenoxy) is 2. The molecule has 3 aromatic heterocycles. The van der Waals surface area contributed by atoms with Crippen molar-refractivity contribution in [3.05, 3.63) is 70.4 Å². The number of pyridine rings is 1. The highest BCUT2D eigenvalue weighted by molar-refractivity contribution is 6.32. The number of nitrogens with zero attached hydrogens (tertiary/aromatic N) is 5. The number of carbonyl (C=O) groups is 1. The molecule has 4 aromatic rings. The van der Waals surface area contributed by atoms with Gasteiger partial charge in [0.25, 0.3) is 0 Å². The van der Waals surface area contributed by atoms with E-state index in [0.717, 1.165) is 80.2 Å². The Kier molecular flexibility index (Phi) is 7.60. The van der Waals surface area contributed by atoms with Crippen LogP contribution in [0, 0.1) is 5.92 Å². The fraction of sp³-hybridized carbons (Fsp3) is 0.484. The van der Waals surface area contributed by atoms with E-state index in [2.05, 4.69) is 19.4 Å². The van der Waals surface area contributed by atoms with Crippen LogP contribution >= 0.6 is 11.6 Å². The lowest BCUT2D eigenvalue weighted by Crippen LogP contribution is -2.36. The molecule has 1 aromatic carbocycles. The normalized spacial score (nSPS) is 19.7. The Morgan fingerprint density at radius 3 is 2.64 bits per heavy atom. The lowest BCUT2D eigenvalue weighted by Gasteiger charge is -2.32. The first kappa shape index (κ1) is 27.4. The molecule has 220 valence electrons. The Labute approximate surface area is 248 Å². The summed E-state index contributed by atoms with van der Waals surface area (Å²) in [5, 5.41) is 10.1. The molecule has 1 N–H and O–H groups in total. The van der Waals surface area contributed by atoms with Crippen LogP contribution in [-0.4, -0.2) is 61.3 Å². The van der Waals surface area contributed by atoms with Crippen LogP contribution in [-0.2, 0) is 30.9 Å². The van der Waals surface area contributed by atoms with Gasteiger partial charge in [-0.1, -0.05) is 11.6 Å². The number of carboxylic acid groups (broad SMARTS) is 1. The average molecular weight is 592 g/mol. The third-order valence-corrected chi connectivity index (χ3v) is 8.90. The van der Waals surface area contributed by atoms with Gasteiger partial charge in [0.15, 0.2) is 12.4 Å². The van der Waals surface area contributed by atoms with E-state index in [1.54, 1.807) is 30.6 Å². The summed E-state index contributed by atoms with van der Waals surface area (Å²) in [6.45, 7) is 4.32. The van der Waals surface area contributed by atoms with E-state index in [0.29, 0.717) is 35.0 Å². The molecule has 3 fully saturated rings. The number of fused-ring (bicyclic) bond motifs is 1. The molecule has 2 aliphatic heterocycles. The van der Waals surface area contributed by atoms with Crippen molar-refractivity contribution in [2.45, 2.75) is 70.2 Å². The molecule has 1 saturated carbocycles. The van der Waals surface area contributed by atoms with Crippen molar-refractivity contribution in [3.8, 4) is 5.75 Å². The van der Waals surface area contributed by atoms with E-state index < -0.39 is 5.97 Å². The van der Waals surface area contributed by atoms with Crippen LogP contribution in [0.15, 0.2) is 41.1 Å². The Morgan fingerprint density at radius 1 is 1.10 bits per heavy atom. The van der Waals surface area contributed by atoms with Gasteiger partial charge >= 0.3 is 5.97 Å². The summed E-state index contributed by atoms with van der Waals surface area (Å²) in [7, 11) is 0. The number of hydrogen-bond acceptors (Lipinski definition) is 8. The molecule has 11 heteroatoms. The Hall–Kier alpha value is -3.47. The molecule has 0 radical (unpaired) electrons. The summed E-state index contributed by atoms with van der Waals surface area (Å²) in [5.41, 5.74) is 2.99. The summed E-state index contributed by atoms with van der Waals surface area (Å²) in [6.07, 6.45) is 9.96. The van der Waals surface area contributed by atoms with Crippen molar-refractivity contribution in [3.63, 3.8) is 0 Å². The highest BCUT2D eigenvalue weighted by atomic mass is 35.5. The molecule has 3 aliphatic rings. The van der Waals surface area contributed by atoms with E-state index in [9.17, 15) is 9.90 Å². The highest BCUT2D eigenvalue weighted by Crippen LogP contribution is 2.41. The molecule has 0 bridgehead atoms. The Morgan fingerprint density at radius 2 is 1.93 bits per heavy atom. The van der Waals surface area contributed by atoms with Gasteiger partial charge in [0.2, 0.25) is 5.89 Å². The number of imidazole rings is 1. The van der Waals surface area contributed by atoms with Crippen molar-refractivity contribution in [1.29, 1.82) is 0 Å². The zero-order valence-corrected chi connectivity index (χ0v) is 24.1. The van der Waals surface area contributed by atoms with Crippen LogP contribution in [0.1, 0.15) is 71.5 Å². The number of hydrogen-bond donors (Lipinski definition) is 1. The lowest BCUT2D eigenvalue weighted by molar-refractivity contribution is -0.0592. The first-order valence-electron chi connectivity index (χ1n) is 14.8. The number of piperidine rings is 1. The predicted octanol–water partition coefficient (Wildman–Crippen LogP) is 5.47. The minimum Gasteiger partial charge on any atom is -0.481 e. The van der Waals surface area contributed by atoms with Gasteiger partial charge in [0, 0.05) is 24.6 Å². The molecule has 7 rings (SSSR count). The summed E-state index contributed by atoms with van der Waals surface area (Å²) >= 11 is 6.39. The molecular formula is C31H34ClN5O5. The van der Waals surface area contributed by atoms with Gasteiger partial charge in [-0.25, -0.2) is 14.8 Å². The van der Waals surface area contributed by atoms with Crippen molar-refractivity contribution in [2.75, 3.05) is 19.7 Å². The second-order valence-corrected chi connectivity index (χ2v) is 12.1. The molecule has 42 heavy (non-hydrogen) atoms. The summed E-state index contributed by atoms with van der Waals surface area (Å²) in [5.74, 6) is 3.03. The van der Waals surface area contributed by atoms with Crippen LogP contribution in [0.25, 0.3) is 11.0 Å². The maximum atomic E-state index is 11.6. The van der Waals surface area contributed by atoms with E-state index in [-0.39, 0.29) is 18.3 Å². The Bertz CT molecular complexity index is 1590. The minimum absolute atomic E-state index is 0.152. The van der Waals surface area contributed by atoms with Gasteiger partial charge in [-0.3, -0.25) is 9.88 Å². The number of aromatic nitrogens is 4. The van der Waals surface area contributed by atoms with Gasteiger partial charge < -0.3 is 23.6 Å². The molecule has 2 saturated heterocycles. The molecule has 0 amide bonds. The van der Waals surface area contributed by atoms with E-state index >= 15 is 0 Å². The number of carboxylic acids is 1. The SMILES string of the molecule is O=C(O)c1ccc2nc(CN3CCC(Cc4cnc(COc5cnc(C6CC6)cc5Cl)o4)CC3)n(CC3CCO3)c2c1. The highest BCUT2D eigenvalue weighted by Gasteiger charge is 2.27. The van der Waals surface area contributed by atoms with Crippen molar-refractivity contribution in [2.24, 2.45) is 5.92 Å². The molecule has 0 spiro atoms. The van der Waals surface area contributed by atoms with Crippen LogP contribution < -0.4 is 4.74 Å². The smallest absolute Gasteiger partial charge is 0.335 e. The van der Waals surface area contributed by atoms with E-state index in [1.807, 2.05) is 6.07 Å². The quantitative estimate of drug-likeness (QED) is 0.242. The standard InChI is InChI=1S/C31H34ClN5O5/c32-24-13-26(20-1-2-20)33-15-28(24)41-18-30-34-14-23(42-30)11-19-5-8-36(9-6-19)17-29-35-25-4-3-21(31(38)39)12-27(25)37(29)16-22-7-10-40-22/h3-4,12-15,19-20,22H,1-2,5-11,16-18H2,(H,38,39). The monoisotopic (exact) mass is 591 g/mol. The van der Waals surface area contributed by atoms with Crippen LogP contribution in [0.4, 0.5) is 0 Å². The number of rotatable bonds is 11. The van der Waals surface area contributed by atoms with Crippen molar-refractivity contribution in [1.82, 2.24) is 24.4 Å². The number of aromatic carboxylic acids is 1. The molecular weight excluding hydrogens is 558 g/mol. The number of halogens is 1. The zero-order valence-electron chi connectivity index (χ0n) is 23.4. The fourth-order valence-electron chi connectivity index (χ4n) is 5.89. The molecule has 1 unspecified atom stereocenters. The van der Waals surface area contributed by atoms with Crippen LogP contribution in [0.3, 0.4) is 0 Å². The maximum Gasteiger partial charge on any atom is 0.335 e. The van der Waals surface area contributed by atoms with Gasteiger partial charge in [-0.05, 0) is 75.4 Å². The fourth-order valence-corrected chi connectivity index (χ4v) is 6.10. The number of oxazole rings is 1. The van der Waals surface area contributed by atoms with Crippen LogP contribution in [0.2, 0.25) is 5.02 Å². The Balaban J connectivity index is 0.934. The third kappa shape index (κ3) is 6.02. The number of likely N-dealkylation sites (tertiary alicyclic amines) is 1. The van der Waals surface area contributed by atoms with Gasteiger partial charge in [0.1, 0.15) is 11.6 Å². The third-order valence-electron chi connectivity index (χ3n) is 8.60. The summed E-state index contributed by atoms with van der Waals surface area (Å²) in [6, 6.07) is 7.05. The van der Waals surface area contributed by atoms with Crippen molar-refractivity contribution >= 4 is 28.6 Å². The second kappa shape index (κ2) is 11.7.